The summed E-state index contributed by atoms with van der Waals surface area (Å²) < 4.78 is 1.37. The normalized spacial score (nSPS) is 12.2. The van der Waals surface area contributed by atoms with Gasteiger partial charge in [-0.15, -0.1) is 11.3 Å². The first-order chi connectivity index (χ1) is 12.3. The van der Waals surface area contributed by atoms with Crippen molar-refractivity contribution in [2.75, 3.05) is 0 Å². The Morgan fingerprint density at radius 3 is 2.31 bits per heavy atom. The number of rotatable bonds is 2. The molecule has 1 nitrogen and oxygen atoms in total. The quantitative estimate of drug-likeness (QED) is 0.365. The Morgan fingerprint density at radius 2 is 1.62 bits per heavy atom. The predicted molar refractivity (Wildman–Crippen MR) is 115 cm³/mol. The van der Waals surface area contributed by atoms with Crippen LogP contribution in [0.2, 0.25) is 0 Å². The lowest BCUT2D eigenvalue weighted by molar-refractivity contribution is 0.415. The van der Waals surface area contributed by atoms with Gasteiger partial charge in [-0.3, -0.25) is 4.98 Å². The zero-order valence-corrected chi connectivity index (χ0v) is 17.0. The van der Waals surface area contributed by atoms with E-state index in [4.69, 9.17) is 4.98 Å². The lowest BCUT2D eigenvalue weighted by atomic mass is 9.91. The first-order valence-corrected chi connectivity index (χ1v) is 10.00. The Labute approximate surface area is 159 Å². The molecule has 26 heavy (non-hydrogen) atoms. The SMILES string of the molecule is Cc1cc(C)cc(-c2nccc3cc4sc(CC(C)(C)C)cc4cc23)c1. The summed E-state index contributed by atoms with van der Waals surface area (Å²) in [5, 5.41) is 3.84. The van der Waals surface area contributed by atoms with Crippen molar-refractivity contribution in [3.8, 4) is 11.3 Å². The predicted octanol–water partition coefficient (Wildman–Crippen LogP) is 7.32. The van der Waals surface area contributed by atoms with Gasteiger partial charge in [0.25, 0.3) is 0 Å². The summed E-state index contributed by atoms with van der Waals surface area (Å²) in [5.41, 5.74) is 5.16. The molecule has 0 bridgehead atoms. The molecule has 0 N–H and O–H groups in total. The second kappa shape index (κ2) is 6.21. The van der Waals surface area contributed by atoms with Crippen LogP contribution >= 0.6 is 11.3 Å². The first kappa shape index (κ1) is 17.2. The Balaban J connectivity index is 1.91. The molecule has 0 aliphatic heterocycles. The molecule has 0 radical (unpaired) electrons. The van der Waals surface area contributed by atoms with Gasteiger partial charge in [-0.05, 0) is 72.9 Å². The van der Waals surface area contributed by atoms with Crippen LogP contribution in [0.3, 0.4) is 0 Å². The molecule has 0 saturated heterocycles. The number of aryl methyl sites for hydroxylation is 2. The monoisotopic (exact) mass is 359 g/mol. The number of fused-ring (bicyclic) bond motifs is 2. The van der Waals surface area contributed by atoms with Gasteiger partial charge in [0.05, 0.1) is 5.69 Å². The number of thiophene rings is 1. The van der Waals surface area contributed by atoms with E-state index >= 15 is 0 Å². The molecule has 132 valence electrons. The molecule has 2 aromatic carbocycles. The summed E-state index contributed by atoms with van der Waals surface area (Å²) in [6.45, 7) is 11.2. The highest BCUT2D eigenvalue weighted by atomic mass is 32.1. The van der Waals surface area contributed by atoms with Gasteiger partial charge in [-0.25, -0.2) is 0 Å². The van der Waals surface area contributed by atoms with Crippen molar-refractivity contribution in [1.82, 2.24) is 4.98 Å². The molecule has 0 atom stereocenters. The molecule has 2 heteroatoms. The van der Waals surface area contributed by atoms with Crippen molar-refractivity contribution in [3.05, 3.63) is 64.7 Å². The van der Waals surface area contributed by atoms with Gasteiger partial charge in [0.15, 0.2) is 0 Å². The molecule has 0 fully saturated rings. The minimum absolute atomic E-state index is 0.312. The van der Waals surface area contributed by atoms with Crippen LogP contribution in [-0.4, -0.2) is 4.98 Å². The molecule has 0 unspecified atom stereocenters. The standard InChI is InChI=1S/C24H25NS/c1-15-8-16(2)10-19(9-15)23-21-12-18-11-20(14-24(3,4)5)26-22(18)13-17(21)6-7-25-23/h6-13H,14H2,1-5H3. The van der Waals surface area contributed by atoms with Crippen molar-refractivity contribution in [3.63, 3.8) is 0 Å². The van der Waals surface area contributed by atoms with E-state index in [0.29, 0.717) is 5.41 Å². The van der Waals surface area contributed by atoms with Gasteiger partial charge in [-0.2, -0.15) is 0 Å². The van der Waals surface area contributed by atoms with Gasteiger partial charge in [0.2, 0.25) is 0 Å². The fourth-order valence-electron chi connectivity index (χ4n) is 3.71. The van der Waals surface area contributed by atoms with Crippen molar-refractivity contribution in [2.24, 2.45) is 5.41 Å². The van der Waals surface area contributed by atoms with E-state index in [1.165, 1.54) is 42.4 Å². The van der Waals surface area contributed by atoms with Crippen molar-refractivity contribution >= 4 is 32.2 Å². The third-order valence-corrected chi connectivity index (χ3v) is 5.75. The molecule has 2 aromatic heterocycles. The third-order valence-electron chi connectivity index (χ3n) is 4.65. The average molecular weight is 360 g/mol. The maximum absolute atomic E-state index is 4.74. The fraction of sp³-hybridized carbons (Fsp3) is 0.292. The number of benzene rings is 2. The number of hydrogen-bond donors (Lipinski definition) is 0. The second-order valence-electron chi connectivity index (χ2n) is 8.60. The average Bonchev–Trinajstić information content (AvgIpc) is 2.89. The van der Waals surface area contributed by atoms with E-state index in [1.54, 1.807) is 0 Å². The molecule has 2 heterocycles. The number of aromatic nitrogens is 1. The largest absolute Gasteiger partial charge is 0.256 e. The van der Waals surface area contributed by atoms with Crippen LogP contribution in [0, 0.1) is 19.3 Å². The minimum atomic E-state index is 0.312. The lowest BCUT2D eigenvalue weighted by Crippen LogP contribution is -2.07. The molecule has 0 amide bonds. The van der Waals surface area contributed by atoms with Gasteiger partial charge in [0, 0.05) is 26.7 Å². The van der Waals surface area contributed by atoms with Gasteiger partial charge >= 0.3 is 0 Å². The summed E-state index contributed by atoms with van der Waals surface area (Å²) in [6, 6.07) is 15.8. The molecule has 0 aliphatic carbocycles. The van der Waals surface area contributed by atoms with Crippen molar-refractivity contribution < 1.29 is 0 Å². The second-order valence-corrected chi connectivity index (χ2v) is 9.77. The topological polar surface area (TPSA) is 12.9 Å². The van der Waals surface area contributed by atoms with Gasteiger partial charge < -0.3 is 0 Å². The molecule has 4 rings (SSSR count). The van der Waals surface area contributed by atoms with Crippen LogP contribution in [0.5, 0.6) is 0 Å². The van der Waals surface area contributed by atoms with Gasteiger partial charge in [-0.1, -0.05) is 38.0 Å². The summed E-state index contributed by atoms with van der Waals surface area (Å²) in [4.78, 5) is 6.20. The Bertz CT molecular complexity index is 1090. The summed E-state index contributed by atoms with van der Waals surface area (Å²) in [7, 11) is 0. The van der Waals surface area contributed by atoms with Crippen LogP contribution in [-0.2, 0) is 6.42 Å². The lowest BCUT2D eigenvalue weighted by Gasteiger charge is -2.16. The maximum atomic E-state index is 4.74. The minimum Gasteiger partial charge on any atom is -0.256 e. The smallest absolute Gasteiger partial charge is 0.0780 e. The summed E-state index contributed by atoms with van der Waals surface area (Å²) in [5.74, 6) is 0. The first-order valence-electron chi connectivity index (χ1n) is 9.18. The zero-order valence-electron chi connectivity index (χ0n) is 16.2. The highest BCUT2D eigenvalue weighted by Gasteiger charge is 2.15. The molecular weight excluding hydrogens is 334 g/mol. The highest BCUT2D eigenvalue weighted by molar-refractivity contribution is 7.19. The Kier molecular flexibility index (Phi) is 4.11. The highest BCUT2D eigenvalue weighted by Crippen LogP contribution is 2.36. The molecule has 0 aliphatic rings. The number of pyridine rings is 1. The van der Waals surface area contributed by atoms with Crippen LogP contribution < -0.4 is 0 Å². The number of hydrogen-bond acceptors (Lipinski definition) is 2. The van der Waals surface area contributed by atoms with Gasteiger partial charge in [0.1, 0.15) is 0 Å². The maximum Gasteiger partial charge on any atom is 0.0780 e. The van der Waals surface area contributed by atoms with E-state index in [-0.39, 0.29) is 0 Å². The van der Waals surface area contributed by atoms with Crippen LogP contribution in [0.4, 0.5) is 0 Å². The van der Waals surface area contributed by atoms with Crippen LogP contribution in [0.25, 0.3) is 32.1 Å². The molecule has 0 spiro atoms. The van der Waals surface area contributed by atoms with Crippen LogP contribution in [0.15, 0.2) is 48.7 Å². The fourth-order valence-corrected chi connectivity index (χ4v) is 5.11. The third kappa shape index (κ3) is 3.39. The zero-order chi connectivity index (χ0) is 18.5. The van der Waals surface area contributed by atoms with Crippen molar-refractivity contribution in [1.29, 1.82) is 0 Å². The van der Waals surface area contributed by atoms with E-state index in [1.807, 2.05) is 17.5 Å². The Morgan fingerprint density at radius 1 is 0.885 bits per heavy atom. The molecule has 4 aromatic rings. The van der Waals surface area contributed by atoms with E-state index in [0.717, 1.165) is 12.1 Å². The molecular formula is C24H25NS. The Hall–Kier alpha value is -2.19. The van der Waals surface area contributed by atoms with Crippen molar-refractivity contribution in [2.45, 2.75) is 41.0 Å². The number of nitrogens with zero attached hydrogens (tertiary/aromatic N) is 1. The van der Waals surface area contributed by atoms with E-state index < -0.39 is 0 Å². The molecule has 0 saturated carbocycles. The van der Waals surface area contributed by atoms with E-state index in [9.17, 15) is 0 Å². The summed E-state index contributed by atoms with van der Waals surface area (Å²) in [6.07, 6.45) is 3.05. The summed E-state index contributed by atoms with van der Waals surface area (Å²) >= 11 is 1.93. The van der Waals surface area contributed by atoms with E-state index in [2.05, 4.69) is 77.1 Å². The van der Waals surface area contributed by atoms with Crippen LogP contribution in [0.1, 0.15) is 36.8 Å².